The number of ether oxygens (including phenoxy) is 1. The number of aryl methyl sites for hydroxylation is 1. The third-order valence-corrected chi connectivity index (χ3v) is 2.81. The van der Waals surface area contributed by atoms with Crippen molar-refractivity contribution in [3.63, 3.8) is 0 Å². The molecule has 0 heterocycles. The van der Waals surface area contributed by atoms with Crippen LogP contribution in [0.1, 0.15) is 5.56 Å². The van der Waals surface area contributed by atoms with Gasteiger partial charge >= 0.3 is 0 Å². The number of methoxy groups -OCH3 is 1. The van der Waals surface area contributed by atoms with Gasteiger partial charge in [0, 0.05) is 25.0 Å². The standard InChI is InChI=1S/C11H16ClNOS/c1-8-6-11(14-3)9(12)7-10(8)13(2)4-5-15/h6-7,15H,4-5H2,1-3H3. The molecule has 15 heavy (non-hydrogen) atoms. The number of halogens is 1. The Balaban J connectivity index is 3.04. The summed E-state index contributed by atoms with van der Waals surface area (Å²) in [6.07, 6.45) is 0. The number of rotatable bonds is 4. The third-order valence-electron chi connectivity index (χ3n) is 2.32. The van der Waals surface area contributed by atoms with Crippen molar-refractivity contribution in [1.29, 1.82) is 0 Å². The van der Waals surface area contributed by atoms with Crippen molar-refractivity contribution >= 4 is 29.9 Å². The van der Waals surface area contributed by atoms with Gasteiger partial charge in [-0.15, -0.1) is 0 Å². The van der Waals surface area contributed by atoms with Crippen molar-refractivity contribution in [2.24, 2.45) is 0 Å². The number of hydrogen-bond acceptors (Lipinski definition) is 3. The van der Waals surface area contributed by atoms with Crippen LogP contribution in [0.3, 0.4) is 0 Å². The predicted octanol–water partition coefficient (Wildman–Crippen LogP) is 3.02. The van der Waals surface area contributed by atoms with Crippen molar-refractivity contribution < 1.29 is 4.74 Å². The van der Waals surface area contributed by atoms with Gasteiger partial charge in [0.1, 0.15) is 5.75 Å². The quantitative estimate of drug-likeness (QED) is 0.819. The molecule has 1 aromatic rings. The molecular formula is C11H16ClNOS. The van der Waals surface area contributed by atoms with Gasteiger partial charge < -0.3 is 9.64 Å². The molecule has 4 heteroatoms. The highest BCUT2D eigenvalue weighted by Crippen LogP contribution is 2.32. The largest absolute Gasteiger partial charge is 0.495 e. The molecule has 0 spiro atoms. The van der Waals surface area contributed by atoms with E-state index in [4.69, 9.17) is 16.3 Å². The van der Waals surface area contributed by atoms with Gasteiger partial charge in [-0.25, -0.2) is 0 Å². The van der Waals surface area contributed by atoms with Crippen molar-refractivity contribution in [3.05, 3.63) is 22.7 Å². The SMILES string of the molecule is COc1cc(C)c(N(C)CCS)cc1Cl. The van der Waals surface area contributed by atoms with Crippen LogP contribution >= 0.6 is 24.2 Å². The second-order valence-electron chi connectivity index (χ2n) is 3.42. The van der Waals surface area contributed by atoms with E-state index < -0.39 is 0 Å². The minimum atomic E-state index is 0.643. The molecule has 0 amide bonds. The van der Waals surface area contributed by atoms with Crippen LogP contribution in [0.25, 0.3) is 0 Å². The highest BCUT2D eigenvalue weighted by molar-refractivity contribution is 7.80. The monoisotopic (exact) mass is 245 g/mol. The molecule has 0 aliphatic rings. The molecule has 0 N–H and O–H groups in total. The van der Waals surface area contributed by atoms with Crippen LogP contribution in [0.15, 0.2) is 12.1 Å². The molecule has 0 saturated heterocycles. The molecule has 2 nitrogen and oxygen atoms in total. The Labute approximate surface area is 102 Å². The van der Waals surface area contributed by atoms with Crippen LogP contribution in [-0.2, 0) is 0 Å². The smallest absolute Gasteiger partial charge is 0.137 e. The second kappa shape index (κ2) is 5.52. The molecule has 1 rings (SSSR count). The summed E-state index contributed by atoms with van der Waals surface area (Å²) in [5.41, 5.74) is 2.27. The molecule has 0 atom stereocenters. The summed E-state index contributed by atoms with van der Waals surface area (Å²) in [6, 6.07) is 3.88. The van der Waals surface area contributed by atoms with Gasteiger partial charge in [0.2, 0.25) is 0 Å². The van der Waals surface area contributed by atoms with Crippen LogP contribution in [0.4, 0.5) is 5.69 Å². The first-order valence-corrected chi connectivity index (χ1v) is 5.77. The van der Waals surface area contributed by atoms with Gasteiger partial charge in [0.05, 0.1) is 12.1 Å². The molecule has 0 aromatic heterocycles. The van der Waals surface area contributed by atoms with Crippen LogP contribution in [0.5, 0.6) is 5.75 Å². The van der Waals surface area contributed by atoms with E-state index in [1.54, 1.807) is 7.11 Å². The van der Waals surface area contributed by atoms with Crippen molar-refractivity contribution in [2.45, 2.75) is 6.92 Å². The molecule has 0 bridgehead atoms. The van der Waals surface area contributed by atoms with Crippen molar-refractivity contribution in [3.8, 4) is 5.75 Å². The Morgan fingerprint density at radius 2 is 2.13 bits per heavy atom. The first-order chi connectivity index (χ1) is 7.10. The topological polar surface area (TPSA) is 12.5 Å². The zero-order chi connectivity index (χ0) is 11.4. The Kier molecular flexibility index (Phi) is 4.61. The van der Waals surface area contributed by atoms with E-state index in [1.807, 2.05) is 26.1 Å². The zero-order valence-electron chi connectivity index (χ0n) is 9.25. The van der Waals surface area contributed by atoms with Crippen LogP contribution in [-0.4, -0.2) is 26.5 Å². The number of thiol groups is 1. The zero-order valence-corrected chi connectivity index (χ0v) is 10.9. The normalized spacial score (nSPS) is 10.2. The van der Waals surface area contributed by atoms with Crippen LogP contribution in [0.2, 0.25) is 5.02 Å². The van der Waals surface area contributed by atoms with E-state index in [0.29, 0.717) is 5.02 Å². The third kappa shape index (κ3) is 2.95. The number of anilines is 1. The van der Waals surface area contributed by atoms with E-state index >= 15 is 0 Å². The predicted molar refractivity (Wildman–Crippen MR) is 69.9 cm³/mol. The minimum absolute atomic E-state index is 0.643. The average Bonchev–Trinajstić information content (AvgIpc) is 2.21. The summed E-state index contributed by atoms with van der Waals surface area (Å²) >= 11 is 10.3. The fourth-order valence-electron chi connectivity index (χ4n) is 1.48. The molecule has 0 fully saturated rings. The number of nitrogens with zero attached hydrogens (tertiary/aromatic N) is 1. The maximum Gasteiger partial charge on any atom is 0.137 e. The first-order valence-electron chi connectivity index (χ1n) is 4.76. The number of benzene rings is 1. The van der Waals surface area contributed by atoms with Crippen molar-refractivity contribution in [1.82, 2.24) is 0 Å². The average molecular weight is 246 g/mol. The van der Waals surface area contributed by atoms with Crippen molar-refractivity contribution in [2.75, 3.05) is 31.4 Å². The van der Waals surface area contributed by atoms with Gasteiger partial charge in [0.25, 0.3) is 0 Å². The van der Waals surface area contributed by atoms with Gasteiger partial charge in [-0.2, -0.15) is 12.6 Å². The summed E-state index contributed by atoms with van der Waals surface area (Å²) in [7, 11) is 3.65. The van der Waals surface area contributed by atoms with Gasteiger partial charge in [-0.1, -0.05) is 11.6 Å². The minimum Gasteiger partial charge on any atom is -0.495 e. The highest BCUT2D eigenvalue weighted by atomic mass is 35.5. The highest BCUT2D eigenvalue weighted by Gasteiger charge is 2.09. The number of hydrogen-bond donors (Lipinski definition) is 1. The summed E-state index contributed by atoms with van der Waals surface area (Å²) in [4.78, 5) is 2.13. The molecule has 0 unspecified atom stereocenters. The molecule has 0 radical (unpaired) electrons. The van der Waals surface area contributed by atoms with E-state index in [2.05, 4.69) is 17.5 Å². The Morgan fingerprint density at radius 3 is 2.67 bits per heavy atom. The Bertz CT molecular complexity index is 344. The van der Waals surface area contributed by atoms with E-state index in [9.17, 15) is 0 Å². The Morgan fingerprint density at radius 1 is 1.47 bits per heavy atom. The lowest BCUT2D eigenvalue weighted by molar-refractivity contribution is 0.414. The second-order valence-corrected chi connectivity index (χ2v) is 4.27. The fraction of sp³-hybridized carbons (Fsp3) is 0.455. The Hall–Kier alpha value is -0.540. The van der Waals surface area contributed by atoms with Crippen LogP contribution < -0.4 is 9.64 Å². The molecule has 0 aliphatic heterocycles. The molecule has 0 aliphatic carbocycles. The van der Waals surface area contributed by atoms with Gasteiger partial charge in [-0.3, -0.25) is 0 Å². The van der Waals surface area contributed by atoms with Gasteiger partial charge in [0.15, 0.2) is 0 Å². The maximum atomic E-state index is 6.07. The summed E-state index contributed by atoms with van der Waals surface area (Å²) in [5, 5.41) is 0.643. The maximum absolute atomic E-state index is 6.07. The summed E-state index contributed by atoms with van der Waals surface area (Å²) in [6.45, 7) is 2.94. The van der Waals surface area contributed by atoms with E-state index in [-0.39, 0.29) is 0 Å². The fourth-order valence-corrected chi connectivity index (χ4v) is 2.02. The summed E-state index contributed by atoms with van der Waals surface area (Å²) < 4.78 is 5.15. The lowest BCUT2D eigenvalue weighted by atomic mass is 10.1. The van der Waals surface area contributed by atoms with Gasteiger partial charge in [-0.05, 0) is 24.6 Å². The molecule has 0 saturated carbocycles. The first kappa shape index (κ1) is 12.5. The lowest BCUT2D eigenvalue weighted by Crippen LogP contribution is -2.20. The van der Waals surface area contributed by atoms with Crippen LogP contribution in [0, 0.1) is 6.92 Å². The molecule has 84 valence electrons. The molecular weight excluding hydrogens is 230 g/mol. The molecule has 1 aromatic carbocycles. The lowest BCUT2D eigenvalue weighted by Gasteiger charge is -2.21. The van der Waals surface area contributed by atoms with E-state index in [1.165, 1.54) is 0 Å². The van der Waals surface area contributed by atoms with E-state index in [0.717, 1.165) is 29.3 Å². The summed E-state index contributed by atoms with van der Waals surface area (Å²) in [5.74, 6) is 1.54.